The Morgan fingerprint density at radius 3 is 2.29 bits per heavy atom. The first-order valence-corrected chi connectivity index (χ1v) is 8.11. The van der Waals surface area contributed by atoms with E-state index < -0.39 is 0 Å². The Bertz CT molecular complexity index is 665. The molecule has 0 heterocycles. The van der Waals surface area contributed by atoms with Crippen LogP contribution in [0, 0.1) is 0 Å². The Labute approximate surface area is 142 Å². The predicted molar refractivity (Wildman–Crippen MR) is 93.9 cm³/mol. The van der Waals surface area contributed by atoms with Crippen molar-refractivity contribution in [2.24, 2.45) is 0 Å². The lowest BCUT2D eigenvalue weighted by molar-refractivity contribution is -0.129. The van der Waals surface area contributed by atoms with Crippen LogP contribution in [-0.4, -0.2) is 18.8 Å². The van der Waals surface area contributed by atoms with Gasteiger partial charge >= 0.3 is 0 Å². The van der Waals surface area contributed by atoms with Crippen molar-refractivity contribution in [2.45, 2.75) is 32.2 Å². The minimum atomic E-state index is -0.245. The van der Waals surface area contributed by atoms with Gasteiger partial charge in [0.15, 0.2) is 0 Å². The van der Waals surface area contributed by atoms with E-state index in [0.29, 0.717) is 13.0 Å². The average molecular weight is 325 g/mol. The number of carbonyl (C=O) groups excluding carboxylic acids is 2. The molecule has 2 rings (SSSR count). The van der Waals surface area contributed by atoms with Gasteiger partial charge in [0, 0.05) is 12.5 Å². The average Bonchev–Trinajstić information content (AvgIpc) is 2.62. The molecule has 2 aromatic rings. The fourth-order valence-electron chi connectivity index (χ4n) is 2.62. The van der Waals surface area contributed by atoms with Crippen LogP contribution in [0.15, 0.2) is 54.6 Å². The first-order valence-electron chi connectivity index (χ1n) is 8.11. The number of Topliss-reactive ketones (excluding diaryl/α,β-unsaturated/α-hetero) is 1. The van der Waals surface area contributed by atoms with E-state index in [9.17, 15) is 9.59 Å². The molecule has 0 spiro atoms. The fourth-order valence-corrected chi connectivity index (χ4v) is 2.62. The van der Waals surface area contributed by atoms with Crippen molar-refractivity contribution in [1.82, 2.24) is 5.32 Å². The maximum Gasteiger partial charge on any atom is 0.227 e. The van der Waals surface area contributed by atoms with Crippen molar-refractivity contribution in [2.75, 3.05) is 7.11 Å². The summed E-state index contributed by atoms with van der Waals surface area (Å²) < 4.78 is 5.10. The number of ketones is 1. The predicted octanol–water partition coefficient (Wildman–Crippen LogP) is 3.46. The zero-order valence-electron chi connectivity index (χ0n) is 14.1. The molecule has 0 radical (unpaired) electrons. The number of rotatable bonds is 8. The summed E-state index contributed by atoms with van der Waals surface area (Å²) in [5, 5.41) is 2.80. The van der Waals surface area contributed by atoms with Crippen LogP contribution in [0.4, 0.5) is 0 Å². The van der Waals surface area contributed by atoms with Crippen LogP contribution in [0.5, 0.6) is 5.75 Å². The first-order chi connectivity index (χ1) is 11.6. The topological polar surface area (TPSA) is 55.4 Å². The Morgan fingerprint density at radius 1 is 1.04 bits per heavy atom. The van der Waals surface area contributed by atoms with E-state index in [1.54, 1.807) is 7.11 Å². The van der Waals surface area contributed by atoms with Crippen molar-refractivity contribution >= 4 is 11.7 Å². The lowest BCUT2D eigenvalue weighted by atomic mass is 9.90. The third kappa shape index (κ3) is 4.95. The molecule has 0 saturated heterocycles. The molecule has 0 aromatic heterocycles. The van der Waals surface area contributed by atoms with Gasteiger partial charge in [0.2, 0.25) is 5.91 Å². The second-order valence-corrected chi connectivity index (χ2v) is 5.64. The molecular formula is C20H23NO3. The van der Waals surface area contributed by atoms with Crippen molar-refractivity contribution in [3.8, 4) is 5.75 Å². The van der Waals surface area contributed by atoms with Crippen LogP contribution in [-0.2, 0) is 16.1 Å². The van der Waals surface area contributed by atoms with Gasteiger partial charge in [0.05, 0.1) is 13.5 Å². The molecule has 1 atom stereocenters. The van der Waals surface area contributed by atoms with E-state index in [0.717, 1.165) is 16.9 Å². The van der Waals surface area contributed by atoms with Crippen molar-refractivity contribution in [3.63, 3.8) is 0 Å². The van der Waals surface area contributed by atoms with E-state index in [1.165, 1.54) is 0 Å². The molecule has 2 aromatic carbocycles. The van der Waals surface area contributed by atoms with Gasteiger partial charge in [-0.2, -0.15) is 0 Å². The Balaban J connectivity index is 1.87. The summed E-state index contributed by atoms with van der Waals surface area (Å²) in [5.74, 6) is 0.257. The zero-order chi connectivity index (χ0) is 17.4. The van der Waals surface area contributed by atoms with Crippen LogP contribution < -0.4 is 10.1 Å². The molecule has 1 unspecified atom stereocenters. The smallest absolute Gasteiger partial charge is 0.227 e. The number of hydrogen-bond acceptors (Lipinski definition) is 3. The highest BCUT2D eigenvalue weighted by molar-refractivity contribution is 6.01. The van der Waals surface area contributed by atoms with Crippen LogP contribution >= 0.6 is 0 Å². The van der Waals surface area contributed by atoms with E-state index in [4.69, 9.17) is 4.74 Å². The highest BCUT2D eigenvalue weighted by Gasteiger charge is 2.20. The summed E-state index contributed by atoms with van der Waals surface area (Å²) in [5.41, 5.74) is 1.93. The second kappa shape index (κ2) is 8.87. The quantitative estimate of drug-likeness (QED) is 0.756. The molecule has 0 saturated carbocycles. The number of ether oxygens (including phenoxy) is 1. The molecule has 24 heavy (non-hydrogen) atoms. The van der Waals surface area contributed by atoms with Crippen LogP contribution in [0.2, 0.25) is 0 Å². The number of nitrogens with one attached hydrogen (secondary N) is 1. The van der Waals surface area contributed by atoms with Crippen molar-refractivity contribution < 1.29 is 14.3 Å². The van der Waals surface area contributed by atoms with Gasteiger partial charge in [-0.1, -0.05) is 49.4 Å². The SMILES string of the molecule is CCC(C(=O)CC(=O)NCc1ccc(OC)cc1)c1ccccc1. The van der Waals surface area contributed by atoms with Gasteiger partial charge in [0.1, 0.15) is 11.5 Å². The molecule has 0 aliphatic rings. The summed E-state index contributed by atoms with van der Waals surface area (Å²) in [4.78, 5) is 24.4. The Hall–Kier alpha value is -2.62. The van der Waals surface area contributed by atoms with Gasteiger partial charge in [-0.05, 0) is 29.7 Å². The van der Waals surface area contributed by atoms with Crippen LogP contribution in [0.3, 0.4) is 0 Å². The largest absolute Gasteiger partial charge is 0.497 e. The van der Waals surface area contributed by atoms with Crippen LogP contribution in [0.25, 0.3) is 0 Å². The number of carbonyl (C=O) groups is 2. The van der Waals surface area contributed by atoms with Crippen molar-refractivity contribution in [1.29, 1.82) is 0 Å². The van der Waals surface area contributed by atoms with E-state index in [-0.39, 0.29) is 24.0 Å². The third-order valence-corrected chi connectivity index (χ3v) is 3.98. The number of amides is 1. The summed E-state index contributed by atoms with van der Waals surface area (Å²) in [6.45, 7) is 2.36. The lowest BCUT2D eigenvalue weighted by Crippen LogP contribution is -2.27. The maximum absolute atomic E-state index is 12.4. The summed E-state index contributed by atoms with van der Waals surface area (Å²) >= 11 is 0. The third-order valence-electron chi connectivity index (χ3n) is 3.98. The van der Waals surface area contributed by atoms with Gasteiger partial charge < -0.3 is 10.1 Å². The number of methoxy groups -OCH3 is 1. The van der Waals surface area contributed by atoms with Gasteiger partial charge in [-0.3, -0.25) is 9.59 Å². The van der Waals surface area contributed by atoms with E-state index in [1.807, 2.05) is 61.5 Å². The maximum atomic E-state index is 12.4. The van der Waals surface area contributed by atoms with Gasteiger partial charge in [0.25, 0.3) is 0 Å². The van der Waals surface area contributed by atoms with E-state index >= 15 is 0 Å². The lowest BCUT2D eigenvalue weighted by Gasteiger charge is -2.14. The molecule has 0 aliphatic heterocycles. The standard InChI is InChI=1S/C20H23NO3/c1-3-18(16-7-5-4-6-8-16)19(22)13-20(23)21-14-15-9-11-17(24-2)12-10-15/h4-12,18H,3,13-14H2,1-2H3,(H,21,23). The zero-order valence-corrected chi connectivity index (χ0v) is 14.1. The minimum absolute atomic E-state index is 0.0454. The normalized spacial score (nSPS) is 11.6. The van der Waals surface area contributed by atoms with Gasteiger partial charge in [-0.15, -0.1) is 0 Å². The molecule has 1 amide bonds. The molecular weight excluding hydrogens is 302 g/mol. The highest BCUT2D eigenvalue weighted by atomic mass is 16.5. The highest BCUT2D eigenvalue weighted by Crippen LogP contribution is 2.21. The molecule has 1 N–H and O–H groups in total. The molecule has 4 heteroatoms. The van der Waals surface area contributed by atoms with Crippen LogP contribution in [0.1, 0.15) is 36.8 Å². The van der Waals surface area contributed by atoms with E-state index in [2.05, 4.69) is 5.32 Å². The Morgan fingerprint density at radius 2 is 1.71 bits per heavy atom. The summed E-state index contributed by atoms with van der Waals surface area (Å²) in [6, 6.07) is 17.1. The van der Waals surface area contributed by atoms with Gasteiger partial charge in [-0.25, -0.2) is 0 Å². The summed E-state index contributed by atoms with van der Waals surface area (Å²) in [7, 11) is 1.61. The number of benzene rings is 2. The second-order valence-electron chi connectivity index (χ2n) is 5.64. The monoisotopic (exact) mass is 325 g/mol. The number of hydrogen-bond donors (Lipinski definition) is 1. The Kier molecular flexibility index (Phi) is 6.55. The summed E-state index contributed by atoms with van der Waals surface area (Å²) in [6.07, 6.45) is 0.595. The fraction of sp³-hybridized carbons (Fsp3) is 0.300. The molecule has 0 fully saturated rings. The minimum Gasteiger partial charge on any atom is -0.497 e. The molecule has 0 aliphatic carbocycles. The molecule has 4 nitrogen and oxygen atoms in total. The first kappa shape index (κ1) is 17.7. The molecule has 0 bridgehead atoms. The van der Waals surface area contributed by atoms with Crippen molar-refractivity contribution in [3.05, 3.63) is 65.7 Å². The molecule has 126 valence electrons.